The quantitative estimate of drug-likeness (QED) is 0.564. The highest BCUT2D eigenvalue weighted by Crippen LogP contribution is 2.28. The van der Waals surface area contributed by atoms with Crippen LogP contribution in [0.15, 0.2) is 48.0 Å². The molecule has 3 heterocycles. The number of nitrogens with two attached hydrogens (primary N) is 1. The van der Waals surface area contributed by atoms with Crippen LogP contribution >= 0.6 is 11.3 Å². The van der Waals surface area contributed by atoms with E-state index < -0.39 is 0 Å². The molecule has 0 saturated carbocycles. The number of aromatic nitrogens is 4. The van der Waals surface area contributed by atoms with Gasteiger partial charge in [-0.1, -0.05) is 12.1 Å². The summed E-state index contributed by atoms with van der Waals surface area (Å²) < 4.78 is 1.92. The number of rotatable bonds is 3. The van der Waals surface area contributed by atoms with Gasteiger partial charge in [0.1, 0.15) is 5.69 Å². The van der Waals surface area contributed by atoms with Crippen molar-refractivity contribution in [3.8, 4) is 11.5 Å². The van der Waals surface area contributed by atoms with E-state index in [1.807, 2.05) is 59.3 Å². The fraction of sp³-hybridized carbons (Fsp3) is 0.0625. The van der Waals surface area contributed by atoms with Crippen LogP contribution in [0.4, 0.5) is 16.5 Å². The first kappa shape index (κ1) is 13.7. The molecule has 0 bridgehead atoms. The van der Waals surface area contributed by atoms with E-state index in [9.17, 15) is 0 Å². The van der Waals surface area contributed by atoms with E-state index >= 15 is 0 Å². The van der Waals surface area contributed by atoms with Gasteiger partial charge in [-0.3, -0.25) is 4.40 Å². The summed E-state index contributed by atoms with van der Waals surface area (Å²) in [7, 11) is 0. The van der Waals surface area contributed by atoms with Gasteiger partial charge in [-0.25, -0.2) is 4.98 Å². The zero-order chi connectivity index (χ0) is 15.8. The number of nitrogens with one attached hydrogen (secondary N) is 1. The van der Waals surface area contributed by atoms with E-state index in [4.69, 9.17) is 5.73 Å². The molecule has 23 heavy (non-hydrogen) atoms. The summed E-state index contributed by atoms with van der Waals surface area (Å²) in [5.41, 5.74) is 10.2. The van der Waals surface area contributed by atoms with Crippen molar-refractivity contribution in [2.24, 2.45) is 0 Å². The van der Waals surface area contributed by atoms with Crippen LogP contribution in [0.3, 0.4) is 0 Å². The lowest BCUT2D eigenvalue weighted by atomic mass is 10.2. The number of nitrogens with zero attached hydrogens (tertiary/aromatic N) is 4. The van der Waals surface area contributed by atoms with Crippen LogP contribution in [-0.2, 0) is 0 Å². The standard InChI is InChI=1S/C16H14N6S/c1-10-5-6-11(17)8-12(10)18-16-19-13(9-23-16)15-21-20-14-4-2-3-7-22(14)15/h2-9H,17H2,1H3,(H,18,19). The fourth-order valence-electron chi connectivity index (χ4n) is 2.34. The van der Waals surface area contributed by atoms with Crippen molar-refractivity contribution >= 4 is 33.5 Å². The Hall–Kier alpha value is -2.93. The van der Waals surface area contributed by atoms with E-state index in [1.54, 1.807) is 0 Å². The lowest BCUT2D eigenvalue weighted by Gasteiger charge is -2.07. The van der Waals surface area contributed by atoms with Gasteiger partial charge in [0.2, 0.25) is 0 Å². The molecular weight excluding hydrogens is 308 g/mol. The van der Waals surface area contributed by atoms with Gasteiger partial charge >= 0.3 is 0 Å². The van der Waals surface area contributed by atoms with Gasteiger partial charge in [0.15, 0.2) is 16.6 Å². The SMILES string of the molecule is Cc1ccc(N)cc1Nc1nc(-c2nnc3ccccn23)cs1. The predicted octanol–water partition coefficient (Wildman–Crippen LogP) is 3.49. The lowest BCUT2D eigenvalue weighted by Crippen LogP contribution is -1.95. The average molecular weight is 322 g/mol. The summed E-state index contributed by atoms with van der Waals surface area (Å²) in [6.45, 7) is 2.03. The predicted molar refractivity (Wildman–Crippen MR) is 93.0 cm³/mol. The summed E-state index contributed by atoms with van der Waals surface area (Å²) in [4.78, 5) is 4.61. The Morgan fingerprint density at radius 1 is 1.17 bits per heavy atom. The number of nitrogen functional groups attached to an aromatic ring is 1. The number of aryl methyl sites for hydroxylation is 1. The van der Waals surface area contributed by atoms with Crippen molar-refractivity contribution in [2.45, 2.75) is 6.92 Å². The van der Waals surface area contributed by atoms with Crippen molar-refractivity contribution in [1.82, 2.24) is 19.6 Å². The molecule has 1 aromatic carbocycles. The highest BCUT2D eigenvalue weighted by Gasteiger charge is 2.12. The number of anilines is 3. The van der Waals surface area contributed by atoms with Gasteiger partial charge in [0, 0.05) is 23.0 Å². The third-order valence-electron chi connectivity index (χ3n) is 3.55. The maximum atomic E-state index is 5.85. The fourth-order valence-corrected chi connectivity index (χ4v) is 3.04. The molecule has 6 nitrogen and oxygen atoms in total. The van der Waals surface area contributed by atoms with Gasteiger partial charge in [0.05, 0.1) is 0 Å². The molecule has 0 amide bonds. The number of hydrogen-bond donors (Lipinski definition) is 2. The average Bonchev–Trinajstić information content (AvgIpc) is 3.17. The summed E-state index contributed by atoms with van der Waals surface area (Å²) in [6.07, 6.45) is 1.93. The molecule has 0 unspecified atom stereocenters. The molecule has 0 aliphatic rings. The molecular formula is C16H14N6S. The van der Waals surface area contributed by atoms with Crippen LogP contribution in [-0.4, -0.2) is 19.6 Å². The molecule has 0 aliphatic heterocycles. The molecule has 3 aromatic heterocycles. The second kappa shape index (κ2) is 5.36. The Bertz CT molecular complexity index is 987. The number of benzene rings is 1. The summed E-state index contributed by atoms with van der Waals surface area (Å²) in [5.74, 6) is 0.731. The van der Waals surface area contributed by atoms with Gasteiger partial charge in [-0.15, -0.1) is 21.5 Å². The summed E-state index contributed by atoms with van der Waals surface area (Å²) >= 11 is 1.52. The van der Waals surface area contributed by atoms with Crippen molar-refractivity contribution in [2.75, 3.05) is 11.1 Å². The number of fused-ring (bicyclic) bond motifs is 1. The van der Waals surface area contributed by atoms with E-state index in [0.29, 0.717) is 0 Å². The molecule has 0 saturated heterocycles. The Kier molecular flexibility index (Phi) is 3.20. The summed E-state index contributed by atoms with van der Waals surface area (Å²) in [5, 5.41) is 14.5. The number of hydrogen-bond acceptors (Lipinski definition) is 6. The minimum absolute atomic E-state index is 0.721. The molecule has 0 spiro atoms. The van der Waals surface area contributed by atoms with Gasteiger partial charge in [0.25, 0.3) is 0 Å². The van der Waals surface area contributed by atoms with E-state index in [-0.39, 0.29) is 0 Å². The third kappa shape index (κ3) is 2.51. The molecule has 114 valence electrons. The van der Waals surface area contributed by atoms with Crippen LogP contribution in [0.2, 0.25) is 0 Å². The second-order valence-electron chi connectivity index (χ2n) is 5.19. The van der Waals surface area contributed by atoms with Gasteiger partial charge in [-0.05, 0) is 36.8 Å². The smallest absolute Gasteiger partial charge is 0.187 e. The first-order valence-electron chi connectivity index (χ1n) is 7.09. The summed E-state index contributed by atoms with van der Waals surface area (Å²) in [6, 6.07) is 11.6. The van der Waals surface area contributed by atoms with Crippen LogP contribution < -0.4 is 11.1 Å². The zero-order valence-corrected chi connectivity index (χ0v) is 13.2. The number of thiazole rings is 1. The van der Waals surface area contributed by atoms with Crippen molar-refractivity contribution in [1.29, 1.82) is 0 Å². The first-order chi connectivity index (χ1) is 11.2. The molecule has 0 fully saturated rings. The largest absolute Gasteiger partial charge is 0.399 e. The maximum absolute atomic E-state index is 5.85. The van der Waals surface area contributed by atoms with Crippen LogP contribution in [0, 0.1) is 6.92 Å². The van der Waals surface area contributed by atoms with E-state index in [2.05, 4.69) is 20.5 Å². The molecule has 0 radical (unpaired) electrons. The molecule has 7 heteroatoms. The normalized spacial score (nSPS) is 11.0. The Labute approximate surface area is 136 Å². The van der Waals surface area contributed by atoms with Crippen molar-refractivity contribution < 1.29 is 0 Å². The lowest BCUT2D eigenvalue weighted by molar-refractivity contribution is 1.10. The Balaban J connectivity index is 1.68. The molecule has 0 aliphatic carbocycles. The maximum Gasteiger partial charge on any atom is 0.187 e. The van der Waals surface area contributed by atoms with Gasteiger partial charge in [-0.2, -0.15) is 0 Å². The van der Waals surface area contributed by atoms with Crippen LogP contribution in [0.5, 0.6) is 0 Å². The molecule has 0 atom stereocenters. The monoisotopic (exact) mass is 322 g/mol. The topological polar surface area (TPSA) is 81.1 Å². The second-order valence-corrected chi connectivity index (χ2v) is 6.05. The highest BCUT2D eigenvalue weighted by atomic mass is 32.1. The van der Waals surface area contributed by atoms with Gasteiger partial charge < -0.3 is 11.1 Å². The van der Waals surface area contributed by atoms with Crippen LogP contribution in [0.25, 0.3) is 17.2 Å². The van der Waals surface area contributed by atoms with Crippen LogP contribution in [0.1, 0.15) is 5.56 Å². The van der Waals surface area contributed by atoms with Crippen molar-refractivity contribution in [3.63, 3.8) is 0 Å². The minimum Gasteiger partial charge on any atom is -0.399 e. The zero-order valence-electron chi connectivity index (χ0n) is 12.4. The Morgan fingerprint density at radius 2 is 2.09 bits per heavy atom. The highest BCUT2D eigenvalue weighted by molar-refractivity contribution is 7.14. The minimum atomic E-state index is 0.721. The Morgan fingerprint density at radius 3 is 3.00 bits per heavy atom. The van der Waals surface area contributed by atoms with E-state index in [1.165, 1.54) is 11.3 Å². The van der Waals surface area contributed by atoms with E-state index in [0.717, 1.165) is 39.2 Å². The molecule has 4 rings (SSSR count). The first-order valence-corrected chi connectivity index (χ1v) is 7.97. The third-order valence-corrected chi connectivity index (χ3v) is 4.31. The number of pyridine rings is 1. The van der Waals surface area contributed by atoms with Crippen molar-refractivity contribution in [3.05, 3.63) is 53.5 Å². The molecule has 3 N–H and O–H groups in total. The molecule has 4 aromatic rings.